The van der Waals surface area contributed by atoms with Crippen molar-refractivity contribution < 1.29 is 14.3 Å². The third kappa shape index (κ3) is 3.13. The zero-order valence-corrected chi connectivity index (χ0v) is 10.9. The average Bonchev–Trinajstić information content (AvgIpc) is 2.78. The number of carbonyl (C=O) groups is 2. The summed E-state index contributed by atoms with van der Waals surface area (Å²) in [6.45, 7) is 1.38. The topological polar surface area (TPSA) is 71.2 Å². The van der Waals surface area contributed by atoms with Gasteiger partial charge in [0, 0.05) is 24.6 Å². The van der Waals surface area contributed by atoms with Crippen molar-refractivity contribution in [1.29, 1.82) is 0 Å². The normalized spacial score (nSPS) is 12.1. The smallest absolute Gasteiger partial charge is 0.328 e. The second-order valence-electron chi connectivity index (χ2n) is 4.36. The Morgan fingerprint density at radius 3 is 2.74 bits per heavy atom. The molecule has 2 N–H and O–H groups in total. The summed E-state index contributed by atoms with van der Waals surface area (Å²) in [6, 6.07) is 9.13. The van der Waals surface area contributed by atoms with Crippen molar-refractivity contribution in [2.45, 2.75) is 19.4 Å². The van der Waals surface area contributed by atoms with Gasteiger partial charge in [-0.1, -0.05) is 18.2 Å². The first-order valence-electron chi connectivity index (χ1n) is 6.01. The largest absolute Gasteiger partial charge is 0.467 e. The molecule has 1 amide bonds. The molecule has 0 saturated carbocycles. The lowest BCUT2D eigenvalue weighted by atomic mass is 10.1. The maximum Gasteiger partial charge on any atom is 0.328 e. The number of aromatic amines is 1. The predicted octanol–water partition coefficient (Wildman–Crippen LogP) is 1.39. The molecule has 1 heterocycles. The van der Waals surface area contributed by atoms with Crippen LogP contribution in [0.25, 0.3) is 10.9 Å². The average molecular weight is 260 g/mol. The Kier molecular flexibility index (Phi) is 3.85. The minimum atomic E-state index is -0.671. The van der Waals surface area contributed by atoms with Crippen LogP contribution in [0.5, 0.6) is 0 Å². The van der Waals surface area contributed by atoms with Crippen LogP contribution in [0.3, 0.4) is 0 Å². The van der Waals surface area contributed by atoms with Crippen LogP contribution in [-0.4, -0.2) is 30.0 Å². The number of benzene rings is 1. The lowest BCUT2D eigenvalue weighted by molar-refractivity contribution is -0.144. The zero-order chi connectivity index (χ0) is 13.8. The second-order valence-corrected chi connectivity index (χ2v) is 4.36. The Balaban J connectivity index is 2.20. The van der Waals surface area contributed by atoms with Gasteiger partial charge in [0.1, 0.15) is 6.04 Å². The Morgan fingerprint density at radius 2 is 2.11 bits per heavy atom. The fourth-order valence-electron chi connectivity index (χ4n) is 2.04. The molecule has 0 unspecified atom stereocenters. The minimum Gasteiger partial charge on any atom is -0.467 e. The molecule has 0 bridgehead atoms. The first kappa shape index (κ1) is 13.1. The number of ether oxygens (including phenoxy) is 1. The predicted molar refractivity (Wildman–Crippen MR) is 71.6 cm³/mol. The van der Waals surface area contributed by atoms with Crippen molar-refractivity contribution in [3.05, 3.63) is 36.0 Å². The molecule has 5 heteroatoms. The maximum absolute atomic E-state index is 11.6. The SMILES string of the molecule is COC(=O)[C@@H](Cc1cc2ccccc2[nH]1)NC(C)=O. The first-order valence-corrected chi connectivity index (χ1v) is 6.01. The fraction of sp³-hybridized carbons (Fsp3) is 0.286. The molecule has 2 rings (SSSR count). The summed E-state index contributed by atoms with van der Waals surface area (Å²) in [6.07, 6.45) is 0.376. The molecule has 100 valence electrons. The standard InChI is InChI=1S/C14H16N2O3/c1-9(17)15-13(14(18)19-2)8-11-7-10-5-3-4-6-12(10)16-11/h3-7,13,16H,8H2,1-2H3,(H,15,17)/t13-/m1/s1. The number of hydrogen-bond acceptors (Lipinski definition) is 3. The Hall–Kier alpha value is -2.30. The number of rotatable bonds is 4. The molecule has 0 fully saturated rings. The summed E-state index contributed by atoms with van der Waals surface area (Å²) < 4.78 is 4.69. The van der Waals surface area contributed by atoms with Crippen molar-refractivity contribution in [2.75, 3.05) is 7.11 Å². The number of para-hydroxylation sites is 1. The van der Waals surface area contributed by atoms with E-state index < -0.39 is 12.0 Å². The van der Waals surface area contributed by atoms with Crippen LogP contribution in [0, 0.1) is 0 Å². The molecular formula is C14H16N2O3. The van der Waals surface area contributed by atoms with Crippen molar-refractivity contribution in [3.63, 3.8) is 0 Å². The van der Waals surface area contributed by atoms with Gasteiger partial charge in [0.2, 0.25) is 5.91 Å². The number of esters is 1. The highest BCUT2D eigenvalue weighted by atomic mass is 16.5. The number of hydrogen-bond donors (Lipinski definition) is 2. The second kappa shape index (κ2) is 5.56. The zero-order valence-electron chi connectivity index (χ0n) is 10.9. The quantitative estimate of drug-likeness (QED) is 0.816. The van der Waals surface area contributed by atoms with Crippen LogP contribution in [0.2, 0.25) is 0 Å². The van der Waals surface area contributed by atoms with Crippen molar-refractivity contribution in [3.8, 4) is 0 Å². The molecule has 0 spiro atoms. The van der Waals surface area contributed by atoms with Gasteiger partial charge < -0.3 is 15.0 Å². The summed E-state index contributed by atoms with van der Waals surface area (Å²) >= 11 is 0. The van der Waals surface area contributed by atoms with Crippen LogP contribution >= 0.6 is 0 Å². The molecule has 0 aliphatic carbocycles. The molecule has 0 saturated heterocycles. The van der Waals surface area contributed by atoms with Crippen LogP contribution in [0.1, 0.15) is 12.6 Å². The van der Waals surface area contributed by atoms with E-state index in [-0.39, 0.29) is 5.91 Å². The van der Waals surface area contributed by atoms with Crippen LogP contribution in [0.15, 0.2) is 30.3 Å². The van der Waals surface area contributed by atoms with Gasteiger partial charge in [-0.15, -0.1) is 0 Å². The van der Waals surface area contributed by atoms with E-state index in [0.717, 1.165) is 16.6 Å². The highest BCUT2D eigenvalue weighted by molar-refractivity contribution is 5.84. The van der Waals surface area contributed by atoms with Gasteiger partial charge in [0.05, 0.1) is 7.11 Å². The van der Waals surface area contributed by atoms with Gasteiger partial charge in [-0.05, 0) is 17.5 Å². The fourth-order valence-corrected chi connectivity index (χ4v) is 2.04. The number of aromatic nitrogens is 1. The first-order chi connectivity index (χ1) is 9.10. The van der Waals surface area contributed by atoms with E-state index in [1.807, 2.05) is 30.3 Å². The summed E-state index contributed by atoms with van der Waals surface area (Å²) in [5, 5.41) is 3.66. The number of fused-ring (bicyclic) bond motifs is 1. The Morgan fingerprint density at radius 1 is 1.37 bits per heavy atom. The molecule has 0 radical (unpaired) electrons. The molecular weight excluding hydrogens is 244 g/mol. The highest BCUT2D eigenvalue weighted by Crippen LogP contribution is 2.16. The van der Waals surface area contributed by atoms with E-state index >= 15 is 0 Å². The van der Waals surface area contributed by atoms with E-state index in [1.54, 1.807) is 0 Å². The van der Waals surface area contributed by atoms with E-state index in [2.05, 4.69) is 10.3 Å². The van der Waals surface area contributed by atoms with Crippen molar-refractivity contribution in [1.82, 2.24) is 10.3 Å². The molecule has 1 aromatic carbocycles. The van der Waals surface area contributed by atoms with Gasteiger partial charge in [-0.3, -0.25) is 4.79 Å². The summed E-state index contributed by atoms with van der Waals surface area (Å²) in [5.74, 6) is -0.708. The molecule has 19 heavy (non-hydrogen) atoms. The summed E-state index contributed by atoms with van der Waals surface area (Å²) in [5.41, 5.74) is 1.88. The van der Waals surface area contributed by atoms with Gasteiger partial charge in [-0.25, -0.2) is 4.79 Å². The van der Waals surface area contributed by atoms with Crippen molar-refractivity contribution in [2.24, 2.45) is 0 Å². The number of amides is 1. The van der Waals surface area contributed by atoms with Crippen LogP contribution in [0.4, 0.5) is 0 Å². The van der Waals surface area contributed by atoms with E-state index in [0.29, 0.717) is 6.42 Å². The number of H-pyrrole nitrogens is 1. The summed E-state index contributed by atoms with van der Waals surface area (Å²) in [4.78, 5) is 25.9. The Bertz CT molecular complexity index is 571. The highest BCUT2D eigenvalue weighted by Gasteiger charge is 2.21. The van der Waals surface area contributed by atoms with Crippen molar-refractivity contribution >= 4 is 22.8 Å². The van der Waals surface area contributed by atoms with Crippen LogP contribution < -0.4 is 5.32 Å². The molecule has 2 aromatic rings. The third-order valence-electron chi connectivity index (χ3n) is 2.87. The van der Waals surface area contributed by atoms with Gasteiger partial charge in [0.15, 0.2) is 0 Å². The minimum absolute atomic E-state index is 0.258. The lowest BCUT2D eigenvalue weighted by Gasteiger charge is -2.14. The lowest BCUT2D eigenvalue weighted by Crippen LogP contribution is -2.42. The van der Waals surface area contributed by atoms with Gasteiger partial charge >= 0.3 is 5.97 Å². The number of carbonyl (C=O) groups excluding carboxylic acids is 2. The monoisotopic (exact) mass is 260 g/mol. The van der Waals surface area contributed by atoms with Gasteiger partial charge in [0.25, 0.3) is 0 Å². The summed E-state index contributed by atoms with van der Waals surface area (Å²) in [7, 11) is 1.31. The van der Waals surface area contributed by atoms with Crippen LogP contribution in [-0.2, 0) is 20.7 Å². The maximum atomic E-state index is 11.6. The van der Waals surface area contributed by atoms with E-state index in [9.17, 15) is 9.59 Å². The molecule has 1 aromatic heterocycles. The van der Waals surface area contributed by atoms with E-state index in [4.69, 9.17) is 4.74 Å². The molecule has 0 aliphatic rings. The third-order valence-corrected chi connectivity index (χ3v) is 2.87. The number of methoxy groups -OCH3 is 1. The Labute approximate surface area is 110 Å². The molecule has 0 aliphatic heterocycles. The number of nitrogens with one attached hydrogen (secondary N) is 2. The van der Waals surface area contributed by atoms with E-state index in [1.165, 1.54) is 14.0 Å². The molecule has 1 atom stereocenters. The molecule has 5 nitrogen and oxygen atoms in total. The van der Waals surface area contributed by atoms with Gasteiger partial charge in [-0.2, -0.15) is 0 Å².